The fraction of sp³-hybridized carbons (Fsp3) is 0.588. The van der Waals surface area contributed by atoms with Gasteiger partial charge in [0.05, 0.1) is 6.61 Å². The SMILES string of the molecule is COCc1cccc(NC(C)C(=O)N2CCC(C)CC2)c1. The smallest absolute Gasteiger partial charge is 0.244 e. The molecule has 0 spiro atoms. The zero-order valence-electron chi connectivity index (χ0n) is 13.3. The maximum Gasteiger partial charge on any atom is 0.244 e. The number of ether oxygens (including phenoxy) is 1. The monoisotopic (exact) mass is 290 g/mol. The van der Waals surface area contributed by atoms with Gasteiger partial charge in [0.25, 0.3) is 0 Å². The largest absolute Gasteiger partial charge is 0.380 e. The van der Waals surface area contributed by atoms with Crippen molar-refractivity contribution in [1.82, 2.24) is 4.90 Å². The van der Waals surface area contributed by atoms with Gasteiger partial charge in [0.2, 0.25) is 5.91 Å². The summed E-state index contributed by atoms with van der Waals surface area (Å²) in [5.41, 5.74) is 2.07. The molecule has 1 fully saturated rings. The first-order valence-corrected chi connectivity index (χ1v) is 7.73. The lowest BCUT2D eigenvalue weighted by Crippen LogP contribution is -2.45. The summed E-state index contributed by atoms with van der Waals surface area (Å²) in [5.74, 6) is 0.932. The molecular formula is C17H26N2O2. The highest BCUT2D eigenvalue weighted by atomic mass is 16.5. The molecule has 1 aliphatic rings. The average Bonchev–Trinajstić information content (AvgIpc) is 2.48. The molecule has 4 heteroatoms. The van der Waals surface area contributed by atoms with E-state index in [2.05, 4.69) is 12.2 Å². The van der Waals surface area contributed by atoms with Gasteiger partial charge >= 0.3 is 0 Å². The molecular weight excluding hydrogens is 264 g/mol. The number of methoxy groups -OCH3 is 1. The number of nitrogens with zero attached hydrogens (tertiary/aromatic N) is 1. The Hall–Kier alpha value is -1.55. The number of likely N-dealkylation sites (tertiary alicyclic amines) is 1. The molecule has 116 valence electrons. The summed E-state index contributed by atoms with van der Waals surface area (Å²) in [7, 11) is 1.68. The van der Waals surface area contributed by atoms with Crippen molar-refractivity contribution >= 4 is 11.6 Å². The number of carbonyl (C=O) groups is 1. The molecule has 0 bridgehead atoms. The van der Waals surface area contributed by atoms with Crippen LogP contribution in [-0.2, 0) is 16.1 Å². The second-order valence-electron chi connectivity index (χ2n) is 6.01. The lowest BCUT2D eigenvalue weighted by atomic mass is 9.99. The predicted octanol–water partition coefficient (Wildman–Crippen LogP) is 2.89. The number of nitrogens with one attached hydrogen (secondary N) is 1. The van der Waals surface area contributed by atoms with Crippen LogP contribution < -0.4 is 5.32 Å². The van der Waals surface area contributed by atoms with Crippen molar-refractivity contribution < 1.29 is 9.53 Å². The molecule has 4 nitrogen and oxygen atoms in total. The van der Waals surface area contributed by atoms with E-state index in [1.807, 2.05) is 36.1 Å². The second kappa shape index (κ2) is 7.46. The molecule has 0 aliphatic carbocycles. The van der Waals surface area contributed by atoms with Crippen LogP contribution in [0.3, 0.4) is 0 Å². The van der Waals surface area contributed by atoms with Crippen LogP contribution in [0.5, 0.6) is 0 Å². The Morgan fingerprint density at radius 2 is 2.14 bits per heavy atom. The number of carbonyl (C=O) groups excluding carboxylic acids is 1. The van der Waals surface area contributed by atoms with E-state index in [1.165, 1.54) is 0 Å². The van der Waals surface area contributed by atoms with Crippen molar-refractivity contribution in [2.75, 3.05) is 25.5 Å². The summed E-state index contributed by atoms with van der Waals surface area (Å²) in [6.45, 7) is 6.54. The van der Waals surface area contributed by atoms with Gasteiger partial charge in [-0.1, -0.05) is 19.1 Å². The lowest BCUT2D eigenvalue weighted by molar-refractivity contribution is -0.132. The summed E-state index contributed by atoms with van der Waals surface area (Å²) in [6, 6.07) is 7.83. The zero-order chi connectivity index (χ0) is 15.2. The van der Waals surface area contributed by atoms with Gasteiger partial charge in [-0.25, -0.2) is 0 Å². The molecule has 1 unspecified atom stereocenters. The molecule has 1 aliphatic heterocycles. The van der Waals surface area contributed by atoms with E-state index in [4.69, 9.17) is 4.74 Å². The van der Waals surface area contributed by atoms with Crippen LogP contribution in [0.4, 0.5) is 5.69 Å². The molecule has 1 atom stereocenters. The maximum atomic E-state index is 12.5. The fourth-order valence-corrected chi connectivity index (χ4v) is 2.73. The van der Waals surface area contributed by atoms with E-state index in [9.17, 15) is 4.79 Å². The van der Waals surface area contributed by atoms with Gasteiger partial charge in [0.15, 0.2) is 0 Å². The summed E-state index contributed by atoms with van der Waals surface area (Å²) in [4.78, 5) is 14.4. The molecule has 1 aromatic rings. The zero-order valence-corrected chi connectivity index (χ0v) is 13.3. The summed E-state index contributed by atoms with van der Waals surface area (Å²) >= 11 is 0. The van der Waals surface area contributed by atoms with Gasteiger partial charge in [-0.15, -0.1) is 0 Å². The molecule has 21 heavy (non-hydrogen) atoms. The maximum absolute atomic E-state index is 12.5. The third-order valence-corrected chi connectivity index (χ3v) is 4.09. The molecule has 0 aromatic heterocycles. The van der Waals surface area contributed by atoms with Gasteiger partial charge in [-0.05, 0) is 43.4 Å². The van der Waals surface area contributed by atoms with E-state index in [0.717, 1.165) is 43.1 Å². The Bertz CT molecular complexity index is 468. The standard InChI is InChI=1S/C17H26N2O2/c1-13-7-9-19(10-8-13)17(20)14(2)18-16-6-4-5-15(11-16)12-21-3/h4-6,11,13-14,18H,7-10,12H2,1-3H3. The molecule has 1 N–H and O–H groups in total. The van der Waals surface area contributed by atoms with Crippen LogP contribution in [0.1, 0.15) is 32.3 Å². The van der Waals surface area contributed by atoms with E-state index >= 15 is 0 Å². The van der Waals surface area contributed by atoms with E-state index in [1.54, 1.807) is 7.11 Å². The minimum Gasteiger partial charge on any atom is -0.380 e. The van der Waals surface area contributed by atoms with E-state index in [0.29, 0.717) is 6.61 Å². The first kappa shape index (κ1) is 15.8. The number of rotatable bonds is 5. The van der Waals surface area contributed by atoms with Gasteiger partial charge < -0.3 is 15.0 Å². The quantitative estimate of drug-likeness (QED) is 0.906. The Morgan fingerprint density at radius 3 is 2.81 bits per heavy atom. The van der Waals surface area contributed by atoms with Crippen LogP contribution in [0.25, 0.3) is 0 Å². The normalized spacial score (nSPS) is 17.6. The van der Waals surface area contributed by atoms with E-state index < -0.39 is 0 Å². The van der Waals surface area contributed by atoms with Crippen LogP contribution in [-0.4, -0.2) is 37.0 Å². The third-order valence-electron chi connectivity index (χ3n) is 4.09. The van der Waals surface area contributed by atoms with Crippen LogP contribution in [0.2, 0.25) is 0 Å². The molecule has 0 saturated carbocycles. The van der Waals surface area contributed by atoms with Crippen molar-refractivity contribution in [2.24, 2.45) is 5.92 Å². The van der Waals surface area contributed by atoms with Crippen molar-refractivity contribution in [2.45, 2.75) is 39.3 Å². The minimum absolute atomic E-state index is 0.194. The van der Waals surface area contributed by atoms with Crippen LogP contribution in [0, 0.1) is 5.92 Å². The Morgan fingerprint density at radius 1 is 1.43 bits per heavy atom. The third kappa shape index (κ3) is 4.46. The summed E-state index contributed by atoms with van der Waals surface area (Å²) in [6.07, 6.45) is 2.23. The highest BCUT2D eigenvalue weighted by Gasteiger charge is 2.24. The van der Waals surface area contributed by atoms with Crippen molar-refractivity contribution in [3.05, 3.63) is 29.8 Å². The van der Waals surface area contributed by atoms with Gasteiger partial charge in [-0.2, -0.15) is 0 Å². The highest BCUT2D eigenvalue weighted by molar-refractivity contribution is 5.84. The second-order valence-corrected chi connectivity index (χ2v) is 6.01. The van der Waals surface area contributed by atoms with Gasteiger partial charge in [-0.3, -0.25) is 4.79 Å². The molecule has 1 aromatic carbocycles. The number of benzene rings is 1. The summed E-state index contributed by atoms with van der Waals surface area (Å²) in [5, 5.41) is 3.30. The Balaban J connectivity index is 1.92. The Kier molecular flexibility index (Phi) is 5.62. The number of hydrogen-bond acceptors (Lipinski definition) is 3. The Labute approximate surface area is 127 Å². The molecule has 1 heterocycles. The average molecular weight is 290 g/mol. The first-order chi connectivity index (χ1) is 10.1. The van der Waals surface area contributed by atoms with Crippen LogP contribution in [0.15, 0.2) is 24.3 Å². The number of piperidine rings is 1. The summed E-state index contributed by atoms with van der Waals surface area (Å²) < 4.78 is 5.14. The fourth-order valence-electron chi connectivity index (χ4n) is 2.73. The van der Waals surface area contributed by atoms with E-state index in [-0.39, 0.29) is 11.9 Å². The first-order valence-electron chi connectivity index (χ1n) is 7.73. The molecule has 1 saturated heterocycles. The number of amides is 1. The van der Waals surface area contributed by atoms with Crippen molar-refractivity contribution in [1.29, 1.82) is 0 Å². The predicted molar refractivity (Wildman–Crippen MR) is 85.2 cm³/mol. The van der Waals surface area contributed by atoms with Crippen LogP contribution >= 0.6 is 0 Å². The van der Waals surface area contributed by atoms with Crippen molar-refractivity contribution in [3.63, 3.8) is 0 Å². The lowest BCUT2D eigenvalue weighted by Gasteiger charge is -2.32. The highest BCUT2D eigenvalue weighted by Crippen LogP contribution is 2.18. The molecule has 1 amide bonds. The van der Waals surface area contributed by atoms with Gasteiger partial charge in [0, 0.05) is 25.9 Å². The topological polar surface area (TPSA) is 41.6 Å². The minimum atomic E-state index is -0.198. The van der Waals surface area contributed by atoms with Crippen molar-refractivity contribution in [3.8, 4) is 0 Å². The number of anilines is 1. The molecule has 0 radical (unpaired) electrons. The van der Waals surface area contributed by atoms with Gasteiger partial charge in [0.1, 0.15) is 6.04 Å². The molecule has 2 rings (SSSR count). The number of hydrogen-bond donors (Lipinski definition) is 1.